The van der Waals surface area contributed by atoms with Crippen molar-refractivity contribution >= 4 is 11.4 Å². The van der Waals surface area contributed by atoms with E-state index in [1.165, 1.54) is 0 Å². The van der Waals surface area contributed by atoms with Crippen LogP contribution in [0.4, 0.5) is 5.69 Å². The lowest BCUT2D eigenvalue weighted by atomic mass is 10.1. The van der Waals surface area contributed by atoms with Crippen LogP contribution in [-0.4, -0.2) is 12.3 Å². The maximum atomic E-state index is 7.47. The Morgan fingerprint density at radius 1 is 1.54 bits per heavy atom. The van der Waals surface area contributed by atoms with Gasteiger partial charge in [0.05, 0.1) is 6.61 Å². The molecule has 1 rings (SSSR count). The Morgan fingerprint density at radius 3 is 2.77 bits per heavy atom. The fourth-order valence-corrected chi connectivity index (χ4v) is 1.12. The highest BCUT2D eigenvalue weighted by atomic mass is 16.5. The lowest BCUT2D eigenvalue weighted by Gasteiger charge is -2.07. The molecule has 70 valence electrons. The molecule has 1 aromatic rings. The van der Waals surface area contributed by atoms with E-state index in [1.807, 2.05) is 13.0 Å². The Labute approximate surface area is 78.0 Å². The number of benzene rings is 1. The quantitative estimate of drug-likeness (QED) is 0.549. The van der Waals surface area contributed by atoms with E-state index < -0.39 is 0 Å². The number of hydrogen-bond acceptors (Lipinski definition) is 3. The molecular formula is C10H14N2O. The molecule has 0 saturated carbocycles. The zero-order chi connectivity index (χ0) is 9.84. The second-order valence-corrected chi connectivity index (χ2v) is 2.81. The summed E-state index contributed by atoms with van der Waals surface area (Å²) in [5, 5.41) is 7.47. The summed E-state index contributed by atoms with van der Waals surface area (Å²) in [6.45, 7) is 4.26. The average molecular weight is 178 g/mol. The fraction of sp³-hybridized carbons (Fsp3) is 0.300. The first-order valence-corrected chi connectivity index (χ1v) is 4.23. The van der Waals surface area contributed by atoms with Crippen molar-refractivity contribution in [3.63, 3.8) is 0 Å². The third-order valence-corrected chi connectivity index (χ3v) is 1.74. The largest absolute Gasteiger partial charge is 0.494 e. The van der Waals surface area contributed by atoms with Gasteiger partial charge in [-0.3, -0.25) is 0 Å². The van der Waals surface area contributed by atoms with Crippen molar-refractivity contribution < 1.29 is 4.74 Å². The van der Waals surface area contributed by atoms with Gasteiger partial charge in [-0.15, -0.1) is 0 Å². The van der Waals surface area contributed by atoms with Crippen LogP contribution in [0.5, 0.6) is 5.75 Å². The van der Waals surface area contributed by atoms with Gasteiger partial charge >= 0.3 is 0 Å². The summed E-state index contributed by atoms with van der Waals surface area (Å²) >= 11 is 0. The molecule has 3 heteroatoms. The molecule has 0 heterocycles. The van der Waals surface area contributed by atoms with Gasteiger partial charge in [0.25, 0.3) is 0 Å². The van der Waals surface area contributed by atoms with Gasteiger partial charge in [-0.1, -0.05) is 0 Å². The van der Waals surface area contributed by atoms with Crippen molar-refractivity contribution in [1.29, 1.82) is 5.41 Å². The van der Waals surface area contributed by atoms with Gasteiger partial charge in [0.15, 0.2) is 0 Å². The van der Waals surface area contributed by atoms with Crippen molar-refractivity contribution in [3.05, 3.63) is 23.8 Å². The molecule has 3 nitrogen and oxygen atoms in total. The van der Waals surface area contributed by atoms with Crippen LogP contribution in [0.25, 0.3) is 0 Å². The van der Waals surface area contributed by atoms with E-state index in [-0.39, 0.29) is 0 Å². The van der Waals surface area contributed by atoms with Crippen molar-refractivity contribution in [2.75, 3.05) is 12.3 Å². The minimum atomic E-state index is 0.457. The number of nitrogens with one attached hydrogen (secondary N) is 1. The predicted octanol–water partition coefficient (Wildman–Crippen LogP) is 2.06. The van der Waals surface area contributed by atoms with Gasteiger partial charge < -0.3 is 15.9 Å². The SMILES string of the molecule is CCOc1ccc(N)c(C(C)=N)c1. The number of anilines is 1. The van der Waals surface area contributed by atoms with E-state index in [9.17, 15) is 0 Å². The first-order valence-electron chi connectivity index (χ1n) is 4.23. The third kappa shape index (κ3) is 2.21. The van der Waals surface area contributed by atoms with Crippen LogP contribution in [0.15, 0.2) is 18.2 Å². The van der Waals surface area contributed by atoms with Crippen molar-refractivity contribution in [3.8, 4) is 5.75 Å². The van der Waals surface area contributed by atoms with E-state index in [4.69, 9.17) is 15.9 Å². The van der Waals surface area contributed by atoms with Crippen molar-refractivity contribution in [1.82, 2.24) is 0 Å². The van der Waals surface area contributed by atoms with Gasteiger partial charge in [-0.2, -0.15) is 0 Å². The molecule has 0 fully saturated rings. The van der Waals surface area contributed by atoms with Gasteiger partial charge in [0.1, 0.15) is 5.75 Å². The number of nitrogen functional groups attached to an aromatic ring is 1. The number of rotatable bonds is 3. The molecule has 3 N–H and O–H groups in total. The molecule has 0 amide bonds. The Bertz CT molecular complexity index is 321. The van der Waals surface area contributed by atoms with Crippen LogP contribution < -0.4 is 10.5 Å². The molecule has 0 unspecified atom stereocenters. The smallest absolute Gasteiger partial charge is 0.120 e. The third-order valence-electron chi connectivity index (χ3n) is 1.74. The summed E-state index contributed by atoms with van der Waals surface area (Å²) in [7, 11) is 0. The summed E-state index contributed by atoms with van der Waals surface area (Å²) in [4.78, 5) is 0. The fourth-order valence-electron chi connectivity index (χ4n) is 1.12. The molecule has 0 aliphatic rings. The van der Waals surface area contributed by atoms with E-state index >= 15 is 0 Å². The Morgan fingerprint density at radius 2 is 2.23 bits per heavy atom. The number of hydrogen-bond donors (Lipinski definition) is 2. The van der Waals surface area contributed by atoms with Crippen molar-refractivity contribution in [2.45, 2.75) is 13.8 Å². The standard InChI is InChI=1S/C10H14N2O/c1-3-13-8-4-5-10(12)9(6-8)7(2)11/h4-6,11H,3,12H2,1-2H3. The van der Waals surface area contributed by atoms with Crippen LogP contribution in [0.2, 0.25) is 0 Å². The number of nitrogens with two attached hydrogens (primary N) is 1. The van der Waals surface area contributed by atoms with Gasteiger partial charge in [0, 0.05) is 17.0 Å². The Hall–Kier alpha value is -1.51. The lowest BCUT2D eigenvalue weighted by Crippen LogP contribution is -2.01. The molecule has 0 saturated heterocycles. The summed E-state index contributed by atoms with van der Waals surface area (Å²) in [5.41, 5.74) is 7.51. The highest BCUT2D eigenvalue weighted by Gasteiger charge is 2.02. The summed E-state index contributed by atoms with van der Waals surface area (Å²) in [5.74, 6) is 0.762. The highest BCUT2D eigenvalue weighted by molar-refractivity contribution is 6.01. The second-order valence-electron chi connectivity index (χ2n) is 2.81. The normalized spacial score (nSPS) is 9.69. The number of ether oxygens (including phenoxy) is 1. The summed E-state index contributed by atoms with van der Waals surface area (Å²) < 4.78 is 5.30. The van der Waals surface area contributed by atoms with Gasteiger partial charge in [-0.25, -0.2) is 0 Å². The maximum absolute atomic E-state index is 7.47. The van der Waals surface area contributed by atoms with E-state index in [1.54, 1.807) is 19.1 Å². The van der Waals surface area contributed by atoms with Crippen LogP contribution >= 0.6 is 0 Å². The van der Waals surface area contributed by atoms with Crippen LogP contribution in [0.1, 0.15) is 19.4 Å². The Balaban J connectivity index is 3.04. The molecule has 0 bridgehead atoms. The topological polar surface area (TPSA) is 59.1 Å². The van der Waals surface area contributed by atoms with Gasteiger partial charge in [0.2, 0.25) is 0 Å². The molecule has 1 aromatic carbocycles. The lowest BCUT2D eigenvalue weighted by molar-refractivity contribution is 0.340. The highest BCUT2D eigenvalue weighted by Crippen LogP contribution is 2.19. The first kappa shape index (κ1) is 9.58. The van der Waals surface area contributed by atoms with E-state index in [2.05, 4.69) is 0 Å². The molecule has 0 radical (unpaired) electrons. The Kier molecular flexibility index (Phi) is 2.90. The zero-order valence-electron chi connectivity index (χ0n) is 7.92. The van der Waals surface area contributed by atoms with E-state index in [0.717, 1.165) is 11.3 Å². The minimum absolute atomic E-state index is 0.457. The minimum Gasteiger partial charge on any atom is -0.494 e. The first-order chi connectivity index (χ1) is 6.15. The molecule has 0 spiro atoms. The van der Waals surface area contributed by atoms with Crippen LogP contribution in [0.3, 0.4) is 0 Å². The molecule has 0 atom stereocenters. The van der Waals surface area contributed by atoms with Crippen LogP contribution in [-0.2, 0) is 0 Å². The van der Waals surface area contributed by atoms with Crippen molar-refractivity contribution in [2.24, 2.45) is 0 Å². The molecule has 0 aliphatic heterocycles. The summed E-state index contributed by atoms with van der Waals surface area (Å²) in [6.07, 6.45) is 0. The van der Waals surface area contributed by atoms with E-state index in [0.29, 0.717) is 18.0 Å². The molecular weight excluding hydrogens is 164 g/mol. The second kappa shape index (κ2) is 3.94. The maximum Gasteiger partial charge on any atom is 0.120 e. The molecule has 13 heavy (non-hydrogen) atoms. The summed E-state index contributed by atoms with van der Waals surface area (Å²) in [6, 6.07) is 5.37. The molecule has 0 aliphatic carbocycles. The van der Waals surface area contributed by atoms with Gasteiger partial charge in [-0.05, 0) is 32.0 Å². The van der Waals surface area contributed by atoms with Crippen LogP contribution in [0, 0.1) is 5.41 Å². The zero-order valence-corrected chi connectivity index (χ0v) is 7.92. The average Bonchev–Trinajstić information content (AvgIpc) is 2.08. The molecule has 0 aromatic heterocycles. The predicted molar refractivity (Wildman–Crippen MR) is 54.5 cm³/mol. The monoisotopic (exact) mass is 178 g/mol.